The van der Waals surface area contributed by atoms with Gasteiger partial charge in [0, 0.05) is 14.8 Å². The van der Waals surface area contributed by atoms with Gasteiger partial charge in [0.15, 0.2) is 5.01 Å². The first-order valence-corrected chi connectivity index (χ1v) is 10.2. The molecule has 0 saturated carbocycles. The maximum atomic E-state index is 14.3. The minimum Gasteiger partial charge on any atom is -0.374 e. The van der Waals surface area contributed by atoms with Crippen LogP contribution in [-0.4, -0.2) is 18.6 Å². The SMILES string of the molecule is Nc1nnc(-c2cc(S(N)(=O)=O)c(F)cc2Nc2ccc(I)cc2)s1. The number of benzene rings is 2. The summed E-state index contributed by atoms with van der Waals surface area (Å²) < 4.78 is 38.5. The summed E-state index contributed by atoms with van der Waals surface area (Å²) >= 11 is 3.22. The Bertz CT molecular complexity index is 1040. The highest BCUT2D eigenvalue weighted by molar-refractivity contribution is 14.1. The molecule has 0 unspecified atom stereocenters. The van der Waals surface area contributed by atoms with E-state index in [0.29, 0.717) is 21.9 Å². The van der Waals surface area contributed by atoms with E-state index in [2.05, 4.69) is 38.1 Å². The van der Waals surface area contributed by atoms with Crippen LogP contribution < -0.4 is 16.2 Å². The van der Waals surface area contributed by atoms with Crippen molar-refractivity contribution in [2.75, 3.05) is 11.1 Å². The lowest BCUT2D eigenvalue weighted by Crippen LogP contribution is -2.14. The standard InChI is InChI=1S/C14H11FIN5O2S2/c15-10-6-11(19-8-3-1-7(16)2-4-8)9(5-12(10)25(18,22)23)13-20-21-14(17)24-13/h1-6,19H,(H2,17,21)(H2,18,22,23). The number of aromatic nitrogens is 2. The van der Waals surface area contributed by atoms with Crippen LogP contribution in [0.15, 0.2) is 41.3 Å². The molecule has 0 bridgehead atoms. The first-order valence-electron chi connectivity index (χ1n) is 6.72. The lowest BCUT2D eigenvalue weighted by Gasteiger charge is -2.13. The third-order valence-electron chi connectivity index (χ3n) is 3.17. The largest absolute Gasteiger partial charge is 0.374 e. The van der Waals surface area contributed by atoms with Crippen molar-refractivity contribution >= 4 is 60.5 Å². The van der Waals surface area contributed by atoms with Crippen molar-refractivity contribution in [1.29, 1.82) is 0 Å². The molecule has 5 N–H and O–H groups in total. The molecule has 130 valence electrons. The summed E-state index contributed by atoms with van der Waals surface area (Å²) in [5.74, 6) is -0.961. The molecule has 11 heteroatoms. The molecule has 7 nitrogen and oxygen atoms in total. The molecule has 0 aliphatic heterocycles. The van der Waals surface area contributed by atoms with E-state index in [9.17, 15) is 12.8 Å². The number of hydrogen-bond donors (Lipinski definition) is 3. The molecule has 2 aromatic carbocycles. The van der Waals surface area contributed by atoms with Gasteiger partial charge in [-0.1, -0.05) is 11.3 Å². The third-order valence-corrected chi connectivity index (χ3v) is 5.60. The van der Waals surface area contributed by atoms with E-state index in [1.54, 1.807) is 0 Å². The van der Waals surface area contributed by atoms with Gasteiger partial charge in [-0.05, 0) is 59.0 Å². The number of nitrogens with two attached hydrogens (primary N) is 2. The molecule has 0 saturated heterocycles. The Balaban J connectivity index is 2.15. The Labute approximate surface area is 160 Å². The van der Waals surface area contributed by atoms with E-state index in [1.165, 1.54) is 0 Å². The molecular formula is C14H11FIN5O2S2. The van der Waals surface area contributed by atoms with Crippen LogP contribution in [0.25, 0.3) is 10.6 Å². The predicted octanol–water partition coefficient (Wildman–Crippen LogP) is 2.92. The van der Waals surface area contributed by atoms with E-state index in [4.69, 9.17) is 10.9 Å². The van der Waals surface area contributed by atoms with Gasteiger partial charge in [-0.15, -0.1) is 10.2 Å². The topological polar surface area (TPSA) is 124 Å². The molecular weight excluding hydrogens is 480 g/mol. The number of nitrogen functional groups attached to an aromatic ring is 1. The summed E-state index contributed by atoms with van der Waals surface area (Å²) in [5.41, 5.74) is 6.95. The Morgan fingerprint density at radius 1 is 1.16 bits per heavy atom. The number of halogens is 2. The fourth-order valence-corrected chi connectivity index (χ4v) is 3.70. The molecule has 1 aromatic heterocycles. The highest BCUT2D eigenvalue weighted by Gasteiger charge is 2.21. The van der Waals surface area contributed by atoms with Crippen molar-refractivity contribution in [2.24, 2.45) is 5.14 Å². The zero-order chi connectivity index (χ0) is 18.2. The van der Waals surface area contributed by atoms with E-state index >= 15 is 0 Å². The van der Waals surface area contributed by atoms with Crippen LogP contribution in [0.1, 0.15) is 0 Å². The van der Waals surface area contributed by atoms with Crippen LogP contribution in [0.2, 0.25) is 0 Å². The normalized spacial score (nSPS) is 11.5. The second-order valence-corrected chi connectivity index (χ2v) is 8.74. The quantitative estimate of drug-likeness (QED) is 0.483. The van der Waals surface area contributed by atoms with Gasteiger partial charge >= 0.3 is 0 Å². The Morgan fingerprint density at radius 3 is 2.40 bits per heavy atom. The van der Waals surface area contributed by atoms with Crippen LogP contribution in [-0.2, 0) is 10.0 Å². The first-order chi connectivity index (χ1) is 11.7. The molecule has 0 spiro atoms. The minimum atomic E-state index is -4.23. The van der Waals surface area contributed by atoms with Crippen molar-refractivity contribution in [3.05, 3.63) is 45.8 Å². The molecule has 1 heterocycles. The molecule has 25 heavy (non-hydrogen) atoms. The zero-order valence-electron chi connectivity index (χ0n) is 12.4. The summed E-state index contributed by atoms with van der Waals surface area (Å²) in [6, 6.07) is 9.56. The van der Waals surface area contributed by atoms with Gasteiger partial charge in [0.2, 0.25) is 15.2 Å². The van der Waals surface area contributed by atoms with Crippen LogP contribution >= 0.6 is 33.9 Å². The highest BCUT2D eigenvalue weighted by atomic mass is 127. The molecule has 0 radical (unpaired) electrons. The Hall–Kier alpha value is -1.83. The van der Waals surface area contributed by atoms with Crippen LogP contribution in [0.5, 0.6) is 0 Å². The van der Waals surface area contributed by atoms with Gasteiger partial charge in [0.05, 0.1) is 5.69 Å². The van der Waals surface area contributed by atoms with Crippen molar-refractivity contribution < 1.29 is 12.8 Å². The van der Waals surface area contributed by atoms with Crippen molar-refractivity contribution in [3.8, 4) is 10.6 Å². The number of anilines is 3. The third kappa shape index (κ3) is 4.05. The minimum absolute atomic E-state index is 0.205. The van der Waals surface area contributed by atoms with Crippen LogP contribution in [0.3, 0.4) is 0 Å². The number of hydrogen-bond acceptors (Lipinski definition) is 7. The smallest absolute Gasteiger partial charge is 0.240 e. The zero-order valence-corrected chi connectivity index (χ0v) is 16.2. The monoisotopic (exact) mass is 491 g/mol. The van der Waals surface area contributed by atoms with E-state index in [0.717, 1.165) is 27.0 Å². The number of rotatable bonds is 4. The maximum absolute atomic E-state index is 14.3. The van der Waals surface area contributed by atoms with Gasteiger partial charge in [-0.2, -0.15) is 0 Å². The van der Waals surface area contributed by atoms with Gasteiger partial charge in [-0.25, -0.2) is 17.9 Å². The number of nitrogens with zero attached hydrogens (tertiary/aromatic N) is 2. The van der Waals surface area contributed by atoms with Crippen LogP contribution in [0.4, 0.5) is 20.9 Å². The van der Waals surface area contributed by atoms with Crippen molar-refractivity contribution in [3.63, 3.8) is 0 Å². The van der Waals surface area contributed by atoms with Gasteiger partial charge in [-0.3, -0.25) is 0 Å². The number of primary sulfonamides is 1. The van der Waals surface area contributed by atoms with Gasteiger partial charge < -0.3 is 11.1 Å². The molecule has 0 fully saturated rings. The molecule has 3 aromatic rings. The molecule has 0 aliphatic carbocycles. The fraction of sp³-hybridized carbons (Fsp3) is 0. The summed E-state index contributed by atoms with van der Waals surface area (Å²) in [6.07, 6.45) is 0. The molecule has 0 atom stereocenters. The summed E-state index contributed by atoms with van der Waals surface area (Å²) in [5, 5.41) is 16.3. The van der Waals surface area contributed by atoms with Crippen molar-refractivity contribution in [1.82, 2.24) is 10.2 Å². The summed E-state index contributed by atoms with van der Waals surface area (Å²) in [7, 11) is -4.23. The average molecular weight is 491 g/mol. The predicted molar refractivity (Wildman–Crippen MR) is 104 cm³/mol. The highest BCUT2D eigenvalue weighted by Crippen LogP contribution is 2.36. The first kappa shape index (κ1) is 18.0. The van der Waals surface area contributed by atoms with E-state index in [1.807, 2.05) is 24.3 Å². The number of sulfonamides is 1. The second-order valence-electron chi connectivity index (χ2n) is 4.95. The summed E-state index contributed by atoms with van der Waals surface area (Å²) in [6.45, 7) is 0. The molecule has 0 aliphatic rings. The number of nitrogens with one attached hydrogen (secondary N) is 1. The Kier molecular flexibility index (Phi) is 4.90. The lowest BCUT2D eigenvalue weighted by molar-refractivity contribution is 0.568. The van der Waals surface area contributed by atoms with E-state index in [-0.39, 0.29) is 5.13 Å². The average Bonchev–Trinajstić information content (AvgIpc) is 2.95. The lowest BCUT2D eigenvalue weighted by atomic mass is 10.1. The van der Waals surface area contributed by atoms with E-state index < -0.39 is 20.7 Å². The molecule has 0 amide bonds. The second kappa shape index (κ2) is 6.82. The van der Waals surface area contributed by atoms with Crippen LogP contribution in [0, 0.1) is 9.39 Å². The van der Waals surface area contributed by atoms with Crippen molar-refractivity contribution in [2.45, 2.75) is 4.90 Å². The summed E-state index contributed by atoms with van der Waals surface area (Å²) in [4.78, 5) is -0.621. The fourth-order valence-electron chi connectivity index (χ4n) is 2.08. The molecule has 3 rings (SSSR count). The Morgan fingerprint density at radius 2 is 1.84 bits per heavy atom. The maximum Gasteiger partial charge on any atom is 0.240 e. The van der Waals surface area contributed by atoms with Gasteiger partial charge in [0.25, 0.3) is 0 Å². The van der Waals surface area contributed by atoms with Gasteiger partial charge in [0.1, 0.15) is 10.7 Å².